The van der Waals surface area contributed by atoms with Gasteiger partial charge in [0, 0.05) is 0 Å². The monoisotopic (exact) mass is 442 g/mol. The van der Waals surface area contributed by atoms with E-state index < -0.39 is 0 Å². The Kier molecular flexibility index (Phi) is 5.89. The van der Waals surface area contributed by atoms with Crippen molar-refractivity contribution in [2.45, 2.75) is 3.37 Å². The zero-order chi connectivity index (χ0) is 12.8. The molecule has 0 bridgehead atoms. The van der Waals surface area contributed by atoms with Crippen molar-refractivity contribution in [2.75, 3.05) is 7.11 Å². The summed E-state index contributed by atoms with van der Waals surface area (Å²) in [6, 6.07) is 16.7. The Morgan fingerprint density at radius 1 is 1.06 bits per heavy atom. The fourth-order valence-electron chi connectivity index (χ4n) is 1.37. The molecule has 2 rings (SSSR count). The third-order valence-electron chi connectivity index (χ3n) is 2.32. The third-order valence-corrected chi connectivity index (χ3v) is 9.56. The molecule has 0 heterocycles. The minimum atomic E-state index is -0.0682. The molecule has 0 aromatic heterocycles. The Hall–Kier alpha value is -0.161. The van der Waals surface area contributed by atoms with Crippen LogP contribution in [0.5, 0.6) is 5.75 Å². The van der Waals surface area contributed by atoms with Crippen molar-refractivity contribution in [3.63, 3.8) is 0 Å². The van der Waals surface area contributed by atoms with E-state index >= 15 is 0 Å². The van der Waals surface area contributed by atoms with Gasteiger partial charge in [0.2, 0.25) is 0 Å². The van der Waals surface area contributed by atoms with E-state index in [0.717, 1.165) is 10.8 Å². The van der Waals surface area contributed by atoms with E-state index in [1.54, 1.807) is 7.11 Å². The number of rotatable bonds is 5. The summed E-state index contributed by atoms with van der Waals surface area (Å²) < 4.78 is 9.43. The van der Waals surface area contributed by atoms with Crippen molar-refractivity contribution >= 4 is 55.6 Å². The molecular weight excluding hydrogens is 426 g/mol. The van der Waals surface area contributed by atoms with Gasteiger partial charge in [0.1, 0.15) is 0 Å². The molecule has 0 fully saturated rings. The van der Waals surface area contributed by atoms with Crippen LogP contribution >= 0.6 is 11.6 Å². The van der Waals surface area contributed by atoms with E-state index in [4.69, 9.17) is 16.3 Å². The molecule has 0 N–H and O–H groups in total. The molecule has 2 aromatic rings. The van der Waals surface area contributed by atoms with Crippen molar-refractivity contribution in [3.8, 4) is 5.75 Å². The molecular formula is C14H13ClOSeTe. The predicted octanol–water partition coefficient (Wildman–Crippen LogP) is 2.08. The molecule has 4 heteroatoms. The molecule has 0 spiro atoms. The van der Waals surface area contributed by atoms with Crippen LogP contribution in [0.3, 0.4) is 0 Å². The van der Waals surface area contributed by atoms with Gasteiger partial charge >= 0.3 is 130 Å². The van der Waals surface area contributed by atoms with Crippen LogP contribution in [0.25, 0.3) is 0 Å². The third kappa shape index (κ3) is 4.50. The second-order valence-corrected chi connectivity index (χ2v) is 11.7. The maximum atomic E-state index is 5.87. The van der Waals surface area contributed by atoms with Crippen LogP contribution in [-0.2, 0) is 0 Å². The molecule has 0 unspecified atom stereocenters. The first-order chi connectivity index (χ1) is 8.78. The Balaban J connectivity index is 1.82. The van der Waals surface area contributed by atoms with E-state index in [9.17, 15) is 0 Å². The van der Waals surface area contributed by atoms with Gasteiger partial charge in [-0.05, 0) is 0 Å². The summed E-state index contributed by atoms with van der Waals surface area (Å²) in [7, 11) is 1.70. The van der Waals surface area contributed by atoms with Crippen LogP contribution in [0.4, 0.5) is 0 Å². The molecule has 18 heavy (non-hydrogen) atoms. The molecule has 0 saturated heterocycles. The van der Waals surface area contributed by atoms with Crippen molar-refractivity contribution in [3.05, 3.63) is 53.6 Å². The molecule has 0 amide bonds. The van der Waals surface area contributed by atoms with E-state index in [-0.39, 0.29) is 20.9 Å². The average molecular weight is 439 g/mol. The molecule has 0 saturated carbocycles. The number of hydrogen-bond donors (Lipinski definition) is 0. The van der Waals surface area contributed by atoms with Crippen LogP contribution in [0.2, 0.25) is 8.39 Å². The number of hydrogen-bond acceptors (Lipinski definition) is 1. The Morgan fingerprint density at radius 3 is 2.33 bits per heavy atom. The quantitative estimate of drug-likeness (QED) is 0.649. The van der Waals surface area contributed by atoms with Gasteiger partial charge in [-0.15, -0.1) is 0 Å². The second-order valence-electron chi connectivity index (χ2n) is 3.54. The molecule has 0 atom stereocenters. The van der Waals surface area contributed by atoms with Gasteiger partial charge in [0.15, 0.2) is 0 Å². The number of halogens is 1. The van der Waals surface area contributed by atoms with Crippen molar-refractivity contribution in [1.29, 1.82) is 0 Å². The van der Waals surface area contributed by atoms with Crippen LogP contribution < -0.4 is 12.8 Å². The maximum absolute atomic E-state index is 5.87. The molecule has 2 aromatic carbocycles. The van der Waals surface area contributed by atoms with Crippen LogP contribution in [0, 0.1) is 0 Å². The van der Waals surface area contributed by atoms with Gasteiger partial charge in [0.05, 0.1) is 0 Å². The van der Waals surface area contributed by atoms with Gasteiger partial charge in [0.25, 0.3) is 0 Å². The fourth-order valence-corrected chi connectivity index (χ4v) is 8.73. The van der Waals surface area contributed by atoms with Crippen molar-refractivity contribution in [2.24, 2.45) is 0 Å². The number of ether oxygens (including phenoxy) is 1. The van der Waals surface area contributed by atoms with Crippen LogP contribution in [-0.4, -0.2) is 43.0 Å². The van der Waals surface area contributed by atoms with Crippen LogP contribution in [0.15, 0.2) is 48.5 Å². The topological polar surface area (TPSA) is 9.23 Å². The minimum absolute atomic E-state index is 0.0682. The first-order valence-corrected chi connectivity index (χ1v) is 10.7. The van der Waals surface area contributed by atoms with Gasteiger partial charge in [-0.1, -0.05) is 0 Å². The van der Waals surface area contributed by atoms with E-state index in [1.807, 2.05) is 12.1 Å². The summed E-state index contributed by atoms with van der Waals surface area (Å²) in [5, 5.41) is 0.821. The predicted molar refractivity (Wildman–Crippen MR) is 80.0 cm³/mol. The van der Waals surface area contributed by atoms with E-state index in [0.29, 0.717) is 15.0 Å². The van der Waals surface area contributed by atoms with E-state index in [2.05, 4.69) is 36.4 Å². The average Bonchev–Trinajstić information content (AvgIpc) is 2.42. The number of benzene rings is 2. The standard InChI is InChI=1S/C14H13ClOSeTe/c1-16-12-4-8-14(9-5-12)18-10-17-13-6-2-11(15)3-7-13/h2-9H,10H2,1H3. The van der Waals surface area contributed by atoms with Crippen molar-refractivity contribution in [1.82, 2.24) is 0 Å². The van der Waals surface area contributed by atoms with E-state index in [1.165, 1.54) is 11.4 Å². The Morgan fingerprint density at radius 2 is 1.72 bits per heavy atom. The summed E-state index contributed by atoms with van der Waals surface area (Å²) in [4.78, 5) is 0. The summed E-state index contributed by atoms with van der Waals surface area (Å²) in [6.07, 6.45) is 0. The zero-order valence-corrected chi connectivity index (χ0v) is 14.7. The zero-order valence-electron chi connectivity index (χ0n) is 9.93. The first kappa shape index (κ1) is 14.3. The fraction of sp³-hybridized carbons (Fsp3) is 0.143. The van der Waals surface area contributed by atoms with Gasteiger partial charge in [-0.25, -0.2) is 0 Å². The summed E-state index contributed by atoms with van der Waals surface area (Å²) >= 11 is 6.38. The second kappa shape index (κ2) is 7.43. The van der Waals surface area contributed by atoms with Gasteiger partial charge < -0.3 is 0 Å². The molecule has 0 radical (unpaired) electrons. The number of methoxy groups -OCH3 is 1. The van der Waals surface area contributed by atoms with Crippen LogP contribution in [0.1, 0.15) is 0 Å². The SMILES string of the molecule is COc1ccc([Te]C[Se]c2ccc(Cl)cc2)cc1. The van der Waals surface area contributed by atoms with Crippen molar-refractivity contribution < 1.29 is 4.74 Å². The van der Waals surface area contributed by atoms with Gasteiger partial charge in [-0.2, -0.15) is 0 Å². The normalized spacial score (nSPS) is 10.3. The molecule has 0 aliphatic rings. The molecule has 0 aliphatic heterocycles. The van der Waals surface area contributed by atoms with Gasteiger partial charge in [-0.3, -0.25) is 0 Å². The summed E-state index contributed by atoms with van der Waals surface area (Å²) in [5.41, 5.74) is 0. The Labute approximate surface area is 129 Å². The molecule has 0 aliphatic carbocycles. The Bertz CT molecular complexity index is 484. The summed E-state index contributed by atoms with van der Waals surface area (Å²) in [5.74, 6) is 0.939. The first-order valence-electron chi connectivity index (χ1n) is 5.43. The molecule has 94 valence electrons. The summed E-state index contributed by atoms with van der Waals surface area (Å²) in [6.45, 7) is 0. The molecule has 1 nitrogen and oxygen atoms in total.